The van der Waals surface area contributed by atoms with Gasteiger partial charge in [0.15, 0.2) is 0 Å². The number of amides is 3. The lowest BCUT2D eigenvalue weighted by atomic mass is 10.0. The summed E-state index contributed by atoms with van der Waals surface area (Å²) in [6, 6.07) is 35.3. The molecule has 38 heavy (non-hydrogen) atoms. The lowest BCUT2D eigenvalue weighted by Crippen LogP contribution is -2.44. The minimum Gasteiger partial charge on any atom is -0.350 e. The number of hydrogen-bond donors (Lipinski definition) is 3. The molecule has 0 aliphatic rings. The molecule has 6 heteroatoms. The van der Waals surface area contributed by atoms with Crippen molar-refractivity contribution < 1.29 is 9.59 Å². The van der Waals surface area contributed by atoms with Crippen molar-refractivity contribution in [2.24, 2.45) is 5.73 Å². The van der Waals surface area contributed by atoms with Crippen LogP contribution in [0.4, 0.5) is 10.5 Å². The summed E-state index contributed by atoms with van der Waals surface area (Å²) < 4.78 is 0. The molecular weight excluding hydrogens is 472 g/mol. The monoisotopic (exact) mass is 506 g/mol. The average Bonchev–Trinajstić information content (AvgIpc) is 2.97. The van der Waals surface area contributed by atoms with E-state index in [1.807, 2.05) is 109 Å². The van der Waals surface area contributed by atoms with E-state index in [0.717, 1.165) is 27.8 Å². The second kappa shape index (κ2) is 13.2. The molecule has 0 bridgehead atoms. The van der Waals surface area contributed by atoms with Crippen molar-refractivity contribution in [1.29, 1.82) is 0 Å². The van der Waals surface area contributed by atoms with Gasteiger partial charge in [0.25, 0.3) is 0 Å². The average molecular weight is 507 g/mol. The van der Waals surface area contributed by atoms with E-state index in [-0.39, 0.29) is 24.4 Å². The van der Waals surface area contributed by atoms with Crippen molar-refractivity contribution in [1.82, 2.24) is 10.2 Å². The Labute approximate surface area is 224 Å². The third kappa shape index (κ3) is 7.54. The van der Waals surface area contributed by atoms with Gasteiger partial charge in [-0.15, -0.1) is 0 Å². The van der Waals surface area contributed by atoms with E-state index in [9.17, 15) is 9.59 Å². The predicted molar refractivity (Wildman–Crippen MR) is 154 cm³/mol. The minimum absolute atomic E-state index is 0.0496. The topological polar surface area (TPSA) is 87.5 Å². The predicted octanol–water partition coefficient (Wildman–Crippen LogP) is 5.77. The van der Waals surface area contributed by atoms with Gasteiger partial charge < -0.3 is 21.3 Å². The maximum atomic E-state index is 13.3. The molecule has 0 spiro atoms. The number of benzene rings is 4. The number of nitrogens with one attached hydrogen (secondary N) is 2. The van der Waals surface area contributed by atoms with Gasteiger partial charge in [0.05, 0.1) is 0 Å². The van der Waals surface area contributed by atoms with Crippen LogP contribution in [0, 0.1) is 0 Å². The molecule has 0 saturated carbocycles. The fourth-order valence-corrected chi connectivity index (χ4v) is 4.24. The molecule has 0 saturated heterocycles. The maximum absolute atomic E-state index is 13.3. The van der Waals surface area contributed by atoms with Crippen molar-refractivity contribution in [2.45, 2.75) is 25.9 Å². The Morgan fingerprint density at radius 3 is 1.97 bits per heavy atom. The second-order valence-corrected chi connectivity index (χ2v) is 9.36. The van der Waals surface area contributed by atoms with Crippen LogP contribution < -0.4 is 16.4 Å². The van der Waals surface area contributed by atoms with E-state index >= 15 is 0 Å². The Morgan fingerprint density at radius 2 is 1.34 bits per heavy atom. The van der Waals surface area contributed by atoms with Crippen LogP contribution in [0.25, 0.3) is 11.1 Å². The summed E-state index contributed by atoms with van der Waals surface area (Å²) in [6.07, 6.45) is 0. The fraction of sp³-hybridized carbons (Fsp3) is 0.188. The number of nitrogens with two attached hydrogens (primary N) is 1. The Morgan fingerprint density at radius 1 is 0.763 bits per heavy atom. The van der Waals surface area contributed by atoms with Crippen molar-refractivity contribution in [3.8, 4) is 11.1 Å². The largest absolute Gasteiger partial charge is 0.350 e. The zero-order chi connectivity index (χ0) is 26.7. The normalized spacial score (nSPS) is 11.4. The minimum atomic E-state index is -0.317. The van der Waals surface area contributed by atoms with Gasteiger partial charge in [0.1, 0.15) is 6.54 Å². The van der Waals surface area contributed by atoms with Gasteiger partial charge in [0, 0.05) is 25.3 Å². The van der Waals surface area contributed by atoms with Crippen LogP contribution in [0.2, 0.25) is 0 Å². The molecule has 0 unspecified atom stereocenters. The first-order chi connectivity index (χ1) is 18.5. The van der Waals surface area contributed by atoms with Gasteiger partial charge in [-0.25, -0.2) is 4.79 Å². The van der Waals surface area contributed by atoms with Gasteiger partial charge in [-0.3, -0.25) is 4.79 Å². The van der Waals surface area contributed by atoms with Crippen LogP contribution in [-0.4, -0.2) is 29.9 Å². The van der Waals surface area contributed by atoms with Gasteiger partial charge >= 0.3 is 6.03 Å². The number of anilines is 1. The van der Waals surface area contributed by atoms with Gasteiger partial charge in [-0.2, -0.15) is 0 Å². The molecular formula is C32H34N4O2. The lowest BCUT2D eigenvalue weighted by Gasteiger charge is -2.26. The van der Waals surface area contributed by atoms with Crippen LogP contribution in [-0.2, 0) is 17.9 Å². The molecule has 194 valence electrons. The molecule has 4 rings (SSSR count). The molecule has 1 atom stereocenters. The second-order valence-electron chi connectivity index (χ2n) is 9.36. The van der Waals surface area contributed by atoms with Crippen LogP contribution >= 0.6 is 0 Å². The molecule has 3 amide bonds. The molecule has 0 heterocycles. The first kappa shape index (κ1) is 26.6. The summed E-state index contributed by atoms with van der Waals surface area (Å²) >= 11 is 0. The zero-order valence-electron chi connectivity index (χ0n) is 21.6. The maximum Gasteiger partial charge on any atom is 0.322 e. The number of carbonyl (C=O) groups is 2. The van der Waals surface area contributed by atoms with Crippen LogP contribution in [0.5, 0.6) is 0 Å². The third-order valence-corrected chi connectivity index (χ3v) is 6.48. The van der Waals surface area contributed by atoms with Crippen LogP contribution in [0.1, 0.15) is 29.5 Å². The number of carbonyl (C=O) groups excluding carboxylic acids is 2. The molecule has 0 radical (unpaired) electrons. The van der Waals surface area contributed by atoms with Gasteiger partial charge in [0.2, 0.25) is 5.91 Å². The highest BCUT2D eigenvalue weighted by molar-refractivity contribution is 5.92. The molecule has 0 aliphatic carbocycles. The first-order valence-electron chi connectivity index (χ1n) is 12.8. The van der Waals surface area contributed by atoms with E-state index in [1.54, 1.807) is 4.90 Å². The number of nitrogens with zero attached hydrogens (tertiary/aromatic N) is 1. The SMILES string of the molecule is C[C@@H](CN(CC(=O)NCc1ccc(CN)cc1)C(=O)Nc1ccc(-c2ccccc2)cc1)c1ccccc1. The van der Waals surface area contributed by atoms with E-state index in [2.05, 4.69) is 17.6 Å². The fourth-order valence-electron chi connectivity index (χ4n) is 4.24. The highest BCUT2D eigenvalue weighted by Gasteiger charge is 2.21. The molecule has 6 nitrogen and oxygen atoms in total. The third-order valence-electron chi connectivity index (χ3n) is 6.48. The lowest BCUT2D eigenvalue weighted by molar-refractivity contribution is -0.121. The zero-order valence-corrected chi connectivity index (χ0v) is 21.6. The highest BCUT2D eigenvalue weighted by Crippen LogP contribution is 2.22. The number of hydrogen-bond acceptors (Lipinski definition) is 3. The molecule has 4 aromatic carbocycles. The number of urea groups is 1. The van der Waals surface area contributed by atoms with Gasteiger partial charge in [-0.1, -0.05) is 104 Å². The van der Waals surface area contributed by atoms with E-state index in [1.165, 1.54) is 0 Å². The van der Waals surface area contributed by atoms with Crippen LogP contribution in [0.3, 0.4) is 0 Å². The van der Waals surface area contributed by atoms with E-state index in [0.29, 0.717) is 25.3 Å². The van der Waals surface area contributed by atoms with Crippen LogP contribution in [0.15, 0.2) is 109 Å². The van der Waals surface area contributed by atoms with E-state index in [4.69, 9.17) is 5.73 Å². The molecule has 4 N–H and O–H groups in total. The molecule has 0 aromatic heterocycles. The number of rotatable bonds is 10. The van der Waals surface area contributed by atoms with Crippen molar-refractivity contribution in [2.75, 3.05) is 18.4 Å². The van der Waals surface area contributed by atoms with E-state index < -0.39 is 0 Å². The standard InChI is InChI=1S/C32H34N4O2/c1-24(27-8-4-2-5-9-27)22-36(23-31(37)34-21-26-14-12-25(20-33)13-15-26)32(38)35-30-18-16-29(17-19-30)28-10-6-3-7-11-28/h2-19,24H,20-23,33H2,1H3,(H,34,37)(H,35,38)/t24-/m0/s1. The summed E-state index contributed by atoms with van der Waals surface area (Å²) in [5.41, 5.74) is 11.6. The summed E-state index contributed by atoms with van der Waals surface area (Å²) in [7, 11) is 0. The van der Waals surface area contributed by atoms with Crippen molar-refractivity contribution in [3.63, 3.8) is 0 Å². The Hall–Kier alpha value is -4.42. The summed E-state index contributed by atoms with van der Waals surface area (Å²) in [5.74, 6) is -0.165. The quantitative estimate of drug-likeness (QED) is 0.255. The molecule has 4 aromatic rings. The summed E-state index contributed by atoms with van der Waals surface area (Å²) in [6.45, 7) is 3.27. The smallest absolute Gasteiger partial charge is 0.322 e. The Kier molecular flexibility index (Phi) is 9.27. The Bertz CT molecular complexity index is 1310. The van der Waals surface area contributed by atoms with Crippen molar-refractivity contribution in [3.05, 3.63) is 126 Å². The van der Waals surface area contributed by atoms with Gasteiger partial charge in [-0.05, 0) is 45.9 Å². The summed E-state index contributed by atoms with van der Waals surface area (Å²) in [5, 5.41) is 5.90. The molecule has 0 aliphatic heterocycles. The van der Waals surface area contributed by atoms with Crippen molar-refractivity contribution >= 4 is 17.6 Å². The first-order valence-corrected chi connectivity index (χ1v) is 12.8. The Balaban J connectivity index is 1.42. The highest BCUT2D eigenvalue weighted by atomic mass is 16.2. The summed E-state index contributed by atoms with van der Waals surface area (Å²) in [4.78, 5) is 27.8. The molecule has 0 fully saturated rings.